The number of hydrogen-bond acceptors (Lipinski definition) is 6. The van der Waals surface area contributed by atoms with Gasteiger partial charge in [-0.1, -0.05) is 0 Å². The number of hydrogen-bond donors (Lipinski definition) is 3. The second-order valence-corrected chi connectivity index (χ2v) is 7.91. The molecule has 3 fully saturated rings. The predicted molar refractivity (Wildman–Crippen MR) is 109 cm³/mol. The Morgan fingerprint density at radius 2 is 2.03 bits per heavy atom. The molecule has 4 N–H and O–H groups in total. The number of anilines is 1. The van der Waals surface area contributed by atoms with Crippen LogP contribution in [0.25, 0.3) is 22.6 Å². The molecule has 150 valence electrons. The quantitative estimate of drug-likeness (QED) is 0.463. The summed E-state index contributed by atoms with van der Waals surface area (Å²) >= 11 is 0. The van der Waals surface area contributed by atoms with Crippen molar-refractivity contribution >= 4 is 22.7 Å². The molecule has 2 atom stereocenters. The minimum Gasteiger partial charge on any atom is -0.387 e. The Balaban J connectivity index is 1.47. The third-order valence-corrected chi connectivity index (χ3v) is 6.39. The molecule has 0 saturated heterocycles. The molecule has 0 amide bonds. The second kappa shape index (κ2) is 7.06. The van der Waals surface area contributed by atoms with Gasteiger partial charge in [-0.2, -0.15) is 5.10 Å². The average Bonchev–Trinajstić information content (AvgIpc) is 3.17. The second-order valence-electron chi connectivity index (χ2n) is 7.91. The Kier molecular flexibility index (Phi) is 4.37. The summed E-state index contributed by atoms with van der Waals surface area (Å²) in [5.41, 5.74) is 7.26. The molecular formula is C20H23FN8. The van der Waals surface area contributed by atoms with Crippen molar-refractivity contribution in [2.75, 3.05) is 12.4 Å². The lowest BCUT2D eigenvalue weighted by Gasteiger charge is -2.48. The van der Waals surface area contributed by atoms with Crippen LogP contribution in [0.4, 0.5) is 10.2 Å². The van der Waals surface area contributed by atoms with E-state index < -0.39 is 5.82 Å². The van der Waals surface area contributed by atoms with E-state index in [0.29, 0.717) is 46.0 Å². The molecule has 29 heavy (non-hydrogen) atoms. The maximum atomic E-state index is 13.7. The van der Waals surface area contributed by atoms with Crippen molar-refractivity contribution in [1.82, 2.24) is 25.1 Å². The molecule has 0 radical (unpaired) electrons. The molecular weight excluding hydrogens is 371 g/mol. The molecule has 6 rings (SSSR count). The van der Waals surface area contributed by atoms with Crippen LogP contribution in [-0.4, -0.2) is 44.1 Å². The van der Waals surface area contributed by atoms with Gasteiger partial charge in [0.1, 0.15) is 17.3 Å². The van der Waals surface area contributed by atoms with Crippen LogP contribution in [0.15, 0.2) is 29.5 Å². The van der Waals surface area contributed by atoms with Crippen LogP contribution in [0.5, 0.6) is 0 Å². The van der Waals surface area contributed by atoms with Crippen LogP contribution in [-0.2, 0) is 0 Å². The van der Waals surface area contributed by atoms with Gasteiger partial charge in [0.15, 0.2) is 11.5 Å². The summed E-state index contributed by atoms with van der Waals surface area (Å²) in [7, 11) is 1.76. The van der Waals surface area contributed by atoms with Crippen LogP contribution in [0, 0.1) is 23.6 Å². The zero-order chi connectivity index (χ0) is 20.0. The Hall–Kier alpha value is -3.10. The number of halogens is 1. The van der Waals surface area contributed by atoms with E-state index in [1.54, 1.807) is 13.2 Å². The topological polar surface area (TPSA) is 118 Å². The minimum atomic E-state index is -0.426. The smallest absolute Gasteiger partial charge is 0.181 e. The van der Waals surface area contributed by atoms with Gasteiger partial charge in [-0.05, 0) is 49.7 Å². The number of aromatic amines is 1. The fraction of sp³-hybridized carbons (Fsp3) is 0.450. The first kappa shape index (κ1) is 18.0. The molecule has 3 aromatic rings. The SMILES string of the molecule is CN=C(N)[C@@H]1C2CCC(CC2)[C@H]1Nc1ccnc(-c2[nH]nc3ncc(F)cc23)n1. The lowest BCUT2D eigenvalue weighted by molar-refractivity contribution is 0.119. The Labute approximate surface area is 167 Å². The molecule has 3 aliphatic carbocycles. The van der Waals surface area contributed by atoms with E-state index in [1.807, 2.05) is 6.07 Å². The zero-order valence-electron chi connectivity index (χ0n) is 16.1. The van der Waals surface area contributed by atoms with Gasteiger partial charge in [-0.25, -0.2) is 19.3 Å². The number of nitrogens with zero attached hydrogens (tertiary/aromatic N) is 5. The number of amidine groups is 1. The number of pyridine rings is 1. The number of rotatable bonds is 4. The normalized spacial score (nSPS) is 26.8. The Morgan fingerprint density at radius 1 is 1.24 bits per heavy atom. The molecule has 3 saturated carbocycles. The van der Waals surface area contributed by atoms with E-state index >= 15 is 0 Å². The van der Waals surface area contributed by atoms with Crippen molar-refractivity contribution in [2.45, 2.75) is 31.7 Å². The fourth-order valence-corrected chi connectivity index (χ4v) is 5.01. The number of nitrogens with two attached hydrogens (primary N) is 1. The van der Waals surface area contributed by atoms with Crippen molar-refractivity contribution < 1.29 is 4.39 Å². The van der Waals surface area contributed by atoms with Crippen LogP contribution in [0.2, 0.25) is 0 Å². The van der Waals surface area contributed by atoms with Gasteiger partial charge in [0, 0.05) is 25.2 Å². The van der Waals surface area contributed by atoms with Gasteiger partial charge in [-0.15, -0.1) is 0 Å². The minimum absolute atomic E-state index is 0.201. The van der Waals surface area contributed by atoms with Gasteiger partial charge in [0.2, 0.25) is 0 Å². The van der Waals surface area contributed by atoms with Crippen molar-refractivity contribution in [3.05, 3.63) is 30.3 Å². The van der Waals surface area contributed by atoms with Crippen molar-refractivity contribution in [3.63, 3.8) is 0 Å². The summed E-state index contributed by atoms with van der Waals surface area (Å²) in [5, 5.41) is 11.2. The highest BCUT2D eigenvalue weighted by Crippen LogP contribution is 2.46. The summed E-state index contributed by atoms with van der Waals surface area (Å²) in [6.07, 6.45) is 7.64. The van der Waals surface area contributed by atoms with E-state index in [0.717, 1.165) is 6.20 Å². The molecule has 3 heterocycles. The van der Waals surface area contributed by atoms with Gasteiger partial charge >= 0.3 is 0 Å². The largest absolute Gasteiger partial charge is 0.387 e. The first-order valence-electron chi connectivity index (χ1n) is 9.95. The summed E-state index contributed by atoms with van der Waals surface area (Å²) in [5.74, 6) is 2.78. The van der Waals surface area contributed by atoms with E-state index in [2.05, 4.69) is 35.5 Å². The lowest BCUT2D eigenvalue weighted by atomic mass is 9.61. The molecule has 3 aliphatic rings. The number of nitrogens with one attached hydrogen (secondary N) is 2. The Morgan fingerprint density at radius 3 is 2.83 bits per heavy atom. The third kappa shape index (κ3) is 3.10. The molecule has 0 spiro atoms. The van der Waals surface area contributed by atoms with Crippen LogP contribution >= 0.6 is 0 Å². The number of fused-ring (bicyclic) bond motifs is 4. The van der Waals surface area contributed by atoms with E-state index in [4.69, 9.17) is 5.73 Å². The van der Waals surface area contributed by atoms with Crippen molar-refractivity contribution in [1.29, 1.82) is 0 Å². The average molecular weight is 394 g/mol. The third-order valence-electron chi connectivity index (χ3n) is 6.39. The van der Waals surface area contributed by atoms with Crippen LogP contribution in [0.1, 0.15) is 25.7 Å². The maximum Gasteiger partial charge on any atom is 0.181 e. The van der Waals surface area contributed by atoms with Gasteiger partial charge in [-0.3, -0.25) is 10.1 Å². The van der Waals surface area contributed by atoms with Crippen LogP contribution in [0.3, 0.4) is 0 Å². The first-order chi connectivity index (χ1) is 14.1. The summed E-state index contributed by atoms with van der Waals surface area (Å²) in [4.78, 5) is 17.3. The van der Waals surface area contributed by atoms with Gasteiger partial charge in [0.05, 0.1) is 17.4 Å². The summed E-state index contributed by atoms with van der Waals surface area (Å²) < 4.78 is 13.7. The van der Waals surface area contributed by atoms with E-state index in [1.165, 1.54) is 31.7 Å². The van der Waals surface area contributed by atoms with Crippen molar-refractivity contribution in [2.24, 2.45) is 28.5 Å². The highest BCUT2D eigenvalue weighted by Gasteiger charge is 2.45. The highest BCUT2D eigenvalue weighted by molar-refractivity contribution is 5.88. The Bertz CT molecular complexity index is 1070. The summed E-state index contributed by atoms with van der Waals surface area (Å²) in [6.45, 7) is 0. The zero-order valence-corrected chi connectivity index (χ0v) is 16.1. The molecule has 0 aliphatic heterocycles. The van der Waals surface area contributed by atoms with Gasteiger partial charge < -0.3 is 11.1 Å². The number of aromatic nitrogens is 5. The lowest BCUT2D eigenvalue weighted by Crippen LogP contribution is -2.53. The van der Waals surface area contributed by atoms with Gasteiger partial charge in [0.25, 0.3) is 0 Å². The summed E-state index contributed by atoms with van der Waals surface area (Å²) in [6, 6.07) is 3.44. The molecule has 0 unspecified atom stereocenters. The first-order valence-corrected chi connectivity index (χ1v) is 9.95. The molecule has 3 aromatic heterocycles. The highest BCUT2D eigenvalue weighted by atomic mass is 19.1. The monoisotopic (exact) mass is 394 g/mol. The van der Waals surface area contributed by atoms with Crippen molar-refractivity contribution in [3.8, 4) is 11.5 Å². The predicted octanol–water partition coefficient (Wildman–Crippen LogP) is 2.76. The standard InChI is InChI=1S/C20H23FN8/c1-23-18(22)15-10-2-4-11(5-3-10)16(15)26-14-6-7-24-20(27-14)17-13-8-12(21)9-25-19(13)29-28-17/h6-11,15-16H,2-5H2,1H3,(H2,22,23)(H,24,26,27)(H,25,28,29)/t10?,11?,15-,16-/m1/s1. The van der Waals surface area contributed by atoms with E-state index in [-0.39, 0.29) is 12.0 Å². The molecule has 2 bridgehead atoms. The molecule has 8 nitrogen and oxygen atoms in total. The number of aliphatic imine (C=N–C) groups is 1. The molecule has 0 aromatic carbocycles. The van der Waals surface area contributed by atoms with Crippen LogP contribution < -0.4 is 11.1 Å². The van der Waals surface area contributed by atoms with E-state index in [9.17, 15) is 4.39 Å². The maximum absolute atomic E-state index is 13.7. The molecule has 9 heteroatoms. The number of H-pyrrole nitrogens is 1. The fourth-order valence-electron chi connectivity index (χ4n) is 5.01.